The van der Waals surface area contributed by atoms with Crippen molar-refractivity contribution in [1.29, 1.82) is 0 Å². The van der Waals surface area contributed by atoms with Crippen molar-refractivity contribution in [2.24, 2.45) is 0 Å². The van der Waals surface area contributed by atoms with Gasteiger partial charge in [-0.2, -0.15) is 5.21 Å². The van der Waals surface area contributed by atoms with Crippen molar-refractivity contribution >= 4 is 6.29 Å². The number of nitrogens with one attached hydrogen (secondary N) is 1. The van der Waals surface area contributed by atoms with Crippen LogP contribution in [0, 0.1) is 0 Å². The van der Waals surface area contributed by atoms with Crippen molar-refractivity contribution in [2.45, 2.75) is 45.7 Å². The normalized spacial score (nSPS) is 11.1. The number of unbranched alkanes of at least 4 members (excludes halogenated alkanes) is 1. The summed E-state index contributed by atoms with van der Waals surface area (Å²) in [4.78, 5) is 25.7. The van der Waals surface area contributed by atoms with E-state index in [9.17, 15) is 9.59 Å². The highest BCUT2D eigenvalue weighted by Crippen LogP contribution is 2.30. The van der Waals surface area contributed by atoms with E-state index in [1.165, 1.54) is 0 Å². The maximum atomic E-state index is 13.6. The number of aldehydes is 1. The third kappa shape index (κ3) is 5.25. The smallest absolute Gasteiger partial charge is 0.296 e. The van der Waals surface area contributed by atoms with E-state index >= 15 is 0 Å². The van der Waals surface area contributed by atoms with E-state index in [2.05, 4.69) is 27.5 Å². The van der Waals surface area contributed by atoms with Crippen molar-refractivity contribution in [3.05, 3.63) is 112 Å². The van der Waals surface area contributed by atoms with E-state index in [0.717, 1.165) is 52.6 Å². The first-order chi connectivity index (χ1) is 18.7. The van der Waals surface area contributed by atoms with Crippen molar-refractivity contribution in [1.82, 2.24) is 29.8 Å². The Bertz CT molecular complexity index is 1550. The van der Waals surface area contributed by atoms with Crippen LogP contribution < -0.4 is 5.69 Å². The van der Waals surface area contributed by atoms with Crippen LogP contribution >= 0.6 is 0 Å². The van der Waals surface area contributed by atoms with Crippen LogP contribution in [0.25, 0.3) is 22.5 Å². The molecule has 2 heterocycles. The standard InChI is InChI=1S/C30H30N6O2/c1-2-3-13-27-28(21-37)35(19-18-22-9-5-4-6-10-22)30(38)36(27)20-23-14-16-24(17-15-23)25-11-7-8-12-26(25)29-31-33-34-32-29/h4-12,14-17,21H,2-3,13,18-20H2,1H3,(H,31,32,33,34). The summed E-state index contributed by atoms with van der Waals surface area (Å²) in [5.74, 6) is 0.537. The summed E-state index contributed by atoms with van der Waals surface area (Å²) >= 11 is 0. The predicted molar refractivity (Wildman–Crippen MR) is 147 cm³/mol. The number of carbonyl (C=O) groups excluding carboxylic acids is 1. The van der Waals surface area contributed by atoms with Gasteiger partial charge < -0.3 is 0 Å². The molecule has 8 nitrogen and oxygen atoms in total. The average molecular weight is 507 g/mol. The van der Waals surface area contributed by atoms with Gasteiger partial charge in [-0.15, -0.1) is 10.2 Å². The van der Waals surface area contributed by atoms with Crippen LogP contribution in [0.1, 0.15) is 47.1 Å². The Balaban J connectivity index is 1.45. The molecule has 8 heteroatoms. The lowest BCUT2D eigenvalue weighted by molar-refractivity contribution is 0.111. The number of aromatic amines is 1. The lowest BCUT2D eigenvalue weighted by atomic mass is 9.98. The van der Waals surface area contributed by atoms with Crippen LogP contribution in [-0.2, 0) is 25.9 Å². The number of H-pyrrole nitrogens is 1. The van der Waals surface area contributed by atoms with Crippen LogP contribution in [0.5, 0.6) is 0 Å². The van der Waals surface area contributed by atoms with E-state index in [0.29, 0.717) is 37.4 Å². The van der Waals surface area contributed by atoms with Crippen molar-refractivity contribution in [3.8, 4) is 22.5 Å². The molecule has 0 aliphatic heterocycles. The lowest BCUT2D eigenvalue weighted by Crippen LogP contribution is -2.26. The zero-order valence-electron chi connectivity index (χ0n) is 21.4. The Morgan fingerprint density at radius 1 is 0.842 bits per heavy atom. The summed E-state index contributed by atoms with van der Waals surface area (Å²) in [7, 11) is 0. The molecule has 1 N–H and O–H groups in total. The summed E-state index contributed by atoms with van der Waals surface area (Å²) in [6.45, 7) is 2.99. The minimum absolute atomic E-state index is 0.138. The molecule has 0 fully saturated rings. The number of nitrogens with zero attached hydrogens (tertiary/aromatic N) is 5. The van der Waals surface area contributed by atoms with E-state index in [4.69, 9.17) is 0 Å². The summed E-state index contributed by atoms with van der Waals surface area (Å²) < 4.78 is 3.41. The highest BCUT2D eigenvalue weighted by Gasteiger charge is 2.19. The van der Waals surface area contributed by atoms with Crippen molar-refractivity contribution in [2.75, 3.05) is 0 Å². The first-order valence-corrected chi connectivity index (χ1v) is 12.9. The molecule has 38 heavy (non-hydrogen) atoms. The number of tetrazole rings is 1. The van der Waals surface area contributed by atoms with E-state index in [1.807, 2.05) is 78.9 Å². The highest BCUT2D eigenvalue weighted by molar-refractivity contribution is 5.80. The molecule has 0 aliphatic carbocycles. The lowest BCUT2D eigenvalue weighted by Gasteiger charge is -2.10. The van der Waals surface area contributed by atoms with Crippen LogP contribution in [0.2, 0.25) is 0 Å². The third-order valence-corrected chi connectivity index (χ3v) is 6.84. The Labute approximate surface area is 221 Å². The van der Waals surface area contributed by atoms with Gasteiger partial charge in [0.2, 0.25) is 5.82 Å². The Morgan fingerprint density at radius 2 is 1.58 bits per heavy atom. The van der Waals surface area contributed by atoms with Crippen LogP contribution in [-0.4, -0.2) is 36.0 Å². The topological polar surface area (TPSA) is 98.5 Å². The van der Waals surface area contributed by atoms with Gasteiger partial charge >= 0.3 is 5.69 Å². The number of benzene rings is 3. The molecule has 3 aromatic carbocycles. The van der Waals surface area contributed by atoms with Gasteiger partial charge in [0.05, 0.1) is 12.2 Å². The number of hydrogen-bond acceptors (Lipinski definition) is 5. The summed E-state index contributed by atoms with van der Waals surface area (Å²) in [5.41, 5.74) is 6.19. The molecule has 5 rings (SSSR count). The largest absolute Gasteiger partial charge is 0.329 e. The number of hydrogen-bond donors (Lipinski definition) is 1. The summed E-state index contributed by atoms with van der Waals surface area (Å²) in [5, 5.41) is 14.4. The van der Waals surface area contributed by atoms with Gasteiger partial charge in [-0.25, -0.2) is 4.79 Å². The van der Waals surface area contributed by atoms with Crippen LogP contribution in [0.3, 0.4) is 0 Å². The molecular weight excluding hydrogens is 476 g/mol. The monoisotopic (exact) mass is 506 g/mol. The summed E-state index contributed by atoms with van der Waals surface area (Å²) in [6.07, 6.45) is 4.11. The fourth-order valence-electron chi connectivity index (χ4n) is 4.84. The Kier molecular flexibility index (Phi) is 7.68. The van der Waals surface area contributed by atoms with Gasteiger partial charge in [0.1, 0.15) is 5.69 Å². The van der Waals surface area contributed by atoms with Gasteiger partial charge in [0, 0.05) is 12.1 Å². The summed E-state index contributed by atoms with van der Waals surface area (Å²) in [6, 6.07) is 26.1. The Morgan fingerprint density at radius 3 is 2.26 bits per heavy atom. The van der Waals surface area contributed by atoms with Crippen LogP contribution in [0.4, 0.5) is 0 Å². The Hall–Kier alpha value is -4.59. The number of rotatable bonds is 11. The van der Waals surface area contributed by atoms with Crippen molar-refractivity contribution in [3.63, 3.8) is 0 Å². The van der Waals surface area contributed by atoms with Gasteiger partial charge in [-0.3, -0.25) is 13.9 Å². The molecule has 0 saturated heterocycles. The van der Waals surface area contributed by atoms with E-state index < -0.39 is 0 Å². The zero-order chi connectivity index (χ0) is 26.3. The molecule has 0 spiro atoms. The van der Waals surface area contributed by atoms with Gasteiger partial charge in [0.25, 0.3) is 0 Å². The number of aryl methyl sites for hydroxylation is 1. The minimum Gasteiger partial charge on any atom is -0.296 e. The maximum absolute atomic E-state index is 13.6. The molecule has 0 aliphatic rings. The molecule has 0 amide bonds. The molecule has 0 bridgehead atoms. The molecule has 2 aromatic heterocycles. The number of imidazole rings is 1. The fourth-order valence-corrected chi connectivity index (χ4v) is 4.84. The second kappa shape index (κ2) is 11.6. The first kappa shape index (κ1) is 25.1. The van der Waals surface area contributed by atoms with E-state index in [-0.39, 0.29) is 5.69 Å². The van der Waals surface area contributed by atoms with Crippen LogP contribution in [0.15, 0.2) is 83.7 Å². The van der Waals surface area contributed by atoms with Gasteiger partial charge in [0.15, 0.2) is 6.29 Å². The fraction of sp³-hybridized carbons (Fsp3) is 0.233. The molecule has 0 radical (unpaired) electrons. The zero-order valence-corrected chi connectivity index (χ0v) is 21.4. The quantitative estimate of drug-likeness (QED) is 0.256. The molecule has 0 saturated carbocycles. The second-order valence-electron chi connectivity index (χ2n) is 9.29. The second-order valence-corrected chi connectivity index (χ2v) is 9.29. The number of carbonyl (C=O) groups is 1. The number of aromatic nitrogens is 6. The third-order valence-electron chi connectivity index (χ3n) is 6.84. The maximum Gasteiger partial charge on any atom is 0.329 e. The molecule has 5 aromatic rings. The molecule has 192 valence electrons. The molecular formula is C30H30N6O2. The first-order valence-electron chi connectivity index (χ1n) is 12.9. The van der Waals surface area contributed by atoms with Gasteiger partial charge in [-0.05, 0) is 46.7 Å². The SMILES string of the molecule is CCCCc1c(C=O)n(CCc2ccccc2)c(=O)n1Cc1ccc(-c2ccccc2-c2nn[nH]n2)cc1. The molecule has 0 unspecified atom stereocenters. The molecule has 0 atom stereocenters. The minimum atomic E-state index is -0.138. The highest BCUT2D eigenvalue weighted by atomic mass is 16.2. The van der Waals surface area contributed by atoms with Crippen molar-refractivity contribution < 1.29 is 4.79 Å². The van der Waals surface area contributed by atoms with E-state index in [1.54, 1.807) is 9.13 Å². The predicted octanol–water partition coefficient (Wildman–Crippen LogP) is 4.94. The average Bonchev–Trinajstić information content (AvgIpc) is 3.59. The van der Waals surface area contributed by atoms with Gasteiger partial charge in [-0.1, -0.05) is 92.2 Å².